The largest absolute Gasteiger partial charge is 0.491 e. The highest BCUT2D eigenvalue weighted by Crippen LogP contribution is 2.22. The van der Waals surface area contributed by atoms with E-state index in [1.54, 1.807) is 6.92 Å². The minimum Gasteiger partial charge on any atom is -0.491 e. The highest BCUT2D eigenvalue weighted by atomic mass is 16.5. The molecule has 6 nitrogen and oxygen atoms in total. The van der Waals surface area contributed by atoms with E-state index in [4.69, 9.17) is 4.74 Å². The van der Waals surface area contributed by atoms with Crippen molar-refractivity contribution in [3.05, 3.63) is 29.3 Å². The van der Waals surface area contributed by atoms with Crippen LogP contribution in [0.2, 0.25) is 0 Å². The number of aliphatic hydroxyl groups excluding tert-OH is 1. The SMILES string of the molecule is CC[C@@]1(C)NC(=O)N(C[C@H](O)COc2cc(C)ccc2C)C1=O. The lowest BCUT2D eigenvalue weighted by Gasteiger charge is -2.21. The second kappa shape index (κ2) is 6.58. The minimum atomic E-state index is -0.941. The topological polar surface area (TPSA) is 78.9 Å². The number of aryl methyl sites for hydroxylation is 2. The lowest BCUT2D eigenvalue weighted by Crippen LogP contribution is -2.44. The van der Waals surface area contributed by atoms with Crippen molar-refractivity contribution in [1.29, 1.82) is 0 Å². The van der Waals surface area contributed by atoms with Crippen molar-refractivity contribution >= 4 is 11.9 Å². The van der Waals surface area contributed by atoms with E-state index in [0.29, 0.717) is 12.2 Å². The summed E-state index contributed by atoms with van der Waals surface area (Å²) in [5.74, 6) is 0.385. The van der Waals surface area contributed by atoms with E-state index in [1.807, 2.05) is 39.0 Å². The molecule has 1 heterocycles. The number of carbonyl (C=O) groups is 2. The molecule has 1 aromatic carbocycles. The molecular formula is C17H24N2O4. The predicted octanol–water partition coefficient (Wildman–Crippen LogP) is 1.76. The third-order valence-corrected chi connectivity index (χ3v) is 4.22. The highest BCUT2D eigenvalue weighted by Gasteiger charge is 2.46. The van der Waals surface area contributed by atoms with Gasteiger partial charge in [-0.05, 0) is 44.4 Å². The van der Waals surface area contributed by atoms with E-state index < -0.39 is 17.7 Å². The van der Waals surface area contributed by atoms with Crippen LogP contribution in [0.15, 0.2) is 18.2 Å². The van der Waals surface area contributed by atoms with Gasteiger partial charge in [0.1, 0.15) is 24.0 Å². The molecule has 0 bridgehead atoms. The number of benzene rings is 1. The summed E-state index contributed by atoms with van der Waals surface area (Å²) >= 11 is 0. The van der Waals surface area contributed by atoms with Crippen LogP contribution in [0.1, 0.15) is 31.4 Å². The Morgan fingerprint density at radius 3 is 2.65 bits per heavy atom. The Labute approximate surface area is 136 Å². The smallest absolute Gasteiger partial charge is 0.325 e. The van der Waals surface area contributed by atoms with Crippen LogP contribution in [-0.4, -0.2) is 46.7 Å². The average Bonchev–Trinajstić information content (AvgIpc) is 2.72. The van der Waals surface area contributed by atoms with Crippen molar-refractivity contribution < 1.29 is 19.4 Å². The van der Waals surface area contributed by atoms with Crippen molar-refractivity contribution in [3.63, 3.8) is 0 Å². The number of urea groups is 1. The molecule has 0 aromatic heterocycles. The summed E-state index contributed by atoms with van der Waals surface area (Å²) in [6.07, 6.45) is -0.438. The number of rotatable bonds is 6. The van der Waals surface area contributed by atoms with E-state index in [-0.39, 0.29) is 19.1 Å². The number of hydrogen-bond donors (Lipinski definition) is 2. The molecule has 0 aliphatic carbocycles. The van der Waals surface area contributed by atoms with Crippen LogP contribution in [0.5, 0.6) is 5.75 Å². The first kappa shape index (κ1) is 17.3. The van der Waals surface area contributed by atoms with Crippen LogP contribution >= 0.6 is 0 Å². The monoisotopic (exact) mass is 320 g/mol. The first-order chi connectivity index (χ1) is 10.8. The zero-order valence-corrected chi connectivity index (χ0v) is 14.0. The average molecular weight is 320 g/mol. The Kier molecular flexibility index (Phi) is 4.94. The van der Waals surface area contributed by atoms with Gasteiger partial charge < -0.3 is 15.2 Å². The standard InChI is InChI=1S/C17H24N2O4/c1-5-17(4)15(21)19(16(22)18-17)9-13(20)10-23-14-8-11(2)6-7-12(14)3/h6-8,13,20H,5,9-10H2,1-4H3,(H,18,22)/t13-,17+/m0/s1. The molecule has 0 radical (unpaired) electrons. The van der Waals surface area contributed by atoms with Crippen LogP contribution in [0.3, 0.4) is 0 Å². The lowest BCUT2D eigenvalue weighted by molar-refractivity contribution is -0.132. The van der Waals surface area contributed by atoms with Crippen LogP contribution in [0.25, 0.3) is 0 Å². The van der Waals surface area contributed by atoms with E-state index in [9.17, 15) is 14.7 Å². The van der Waals surface area contributed by atoms with Gasteiger partial charge in [0, 0.05) is 0 Å². The molecule has 1 aliphatic rings. The Morgan fingerprint density at radius 1 is 1.35 bits per heavy atom. The quantitative estimate of drug-likeness (QED) is 0.783. The minimum absolute atomic E-state index is 0.0180. The van der Waals surface area contributed by atoms with Gasteiger partial charge in [-0.2, -0.15) is 0 Å². The third kappa shape index (κ3) is 3.64. The fraction of sp³-hybridized carbons (Fsp3) is 0.529. The number of ether oxygens (including phenoxy) is 1. The normalized spacial score (nSPS) is 22.2. The zero-order chi connectivity index (χ0) is 17.2. The van der Waals surface area contributed by atoms with Crippen molar-refractivity contribution in [2.75, 3.05) is 13.2 Å². The zero-order valence-electron chi connectivity index (χ0n) is 14.0. The number of aliphatic hydroxyl groups is 1. The maximum absolute atomic E-state index is 12.3. The molecule has 6 heteroatoms. The van der Waals surface area contributed by atoms with Crippen molar-refractivity contribution in [3.8, 4) is 5.75 Å². The summed E-state index contributed by atoms with van der Waals surface area (Å²) in [5, 5.41) is 12.8. The number of imide groups is 1. The lowest BCUT2D eigenvalue weighted by atomic mass is 9.99. The van der Waals surface area contributed by atoms with E-state index in [1.165, 1.54) is 0 Å². The summed E-state index contributed by atoms with van der Waals surface area (Å²) in [6.45, 7) is 7.34. The van der Waals surface area contributed by atoms with Gasteiger partial charge >= 0.3 is 6.03 Å². The Balaban J connectivity index is 1.95. The molecule has 2 rings (SSSR count). The van der Waals surface area contributed by atoms with Gasteiger partial charge in [-0.3, -0.25) is 9.69 Å². The summed E-state index contributed by atoms with van der Waals surface area (Å²) in [7, 11) is 0. The van der Waals surface area contributed by atoms with Crippen LogP contribution < -0.4 is 10.1 Å². The van der Waals surface area contributed by atoms with Crippen molar-refractivity contribution in [2.24, 2.45) is 0 Å². The predicted molar refractivity (Wildman–Crippen MR) is 86.4 cm³/mol. The Morgan fingerprint density at radius 2 is 2.04 bits per heavy atom. The Bertz CT molecular complexity index is 617. The van der Waals surface area contributed by atoms with E-state index >= 15 is 0 Å². The first-order valence-electron chi connectivity index (χ1n) is 7.79. The second-order valence-electron chi connectivity index (χ2n) is 6.27. The number of carbonyl (C=O) groups excluding carboxylic acids is 2. The molecule has 1 saturated heterocycles. The number of nitrogens with zero attached hydrogens (tertiary/aromatic N) is 1. The van der Waals surface area contributed by atoms with Crippen LogP contribution in [0.4, 0.5) is 4.79 Å². The van der Waals surface area contributed by atoms with Gasteiger partial charge in [0.15, 0.2) is 0 Å². The number of β-amino-alcohol motifs (C(OH)–C–C–N with tert-alkyl or cyclic N) is 1. The highest BCUT2D eigenvalue weighted by molar-refractivity contribution is 6.06. The molecule has 126 valence electrons. The van der Waals surface area contributed by atoms with Crippen LogP contribution in [-0.2, 0) is 4.79 Å². The second-order valence-corrected chi connectivity index (χ2v) is 6.27. The molecule has 0 saturated carbocycles. The summed E-state index contributed by atoms with van der Waals surface area (Å²) in [6, 6.07) is 5.35. The molecule has 1 aliphatic heterocycles. The van der Waals surface area contributed by atoms with E-state index in [2.05, 4.69) is 5.32 Å². The number of nitrogens with one attached hydrogen (secondary N) is 1. The molecule has 3 amide bonds. The molecule has 1 aromatic rings. The molecule has 2 N–H and O–H groups in total. The Hall–Kier alpha value is -2.08. The van der Waals surface area contributed by atoms with Gasteiger partial charge in [0.05, 0.1) is 6.54 Å². The number of amides is 3. The molecule has 0 unspecified atom stereocenters. The summed E-state index contributed by atoms with van der Waals surface area (Å²) < 4.78 is 5.62. The van der Waals surface area contributed by atoms with Gasteiger partial charge in [0.2, 0.25) is 0 Å². The van der Waals surface area contributed by atoms with Gasteiger partial charge in [-0.15, -0.1) is 0 Å². The fourth-order valence-corrected chi connectivity index (χ4v) is 2.46. The molecule has 23 heavy (non-hydrogen) atoms. The van der Waals surface area contributed by atoms with Crippen molar-refractivity contribution in [2.45, 2.75) is 45.8 Å². The molecule has 0 spiro atoms. The number of hydrogen-bond acceptors (Lipinski definition) is 4. The van der Waals surface area contributed by atoms with Gasteiger partial charge in [-0.1, -0.05) is 19.1 Å². The van der Waals surface area contributed by atoms with Crippen molar-refractivity contribution in [1.82, 2.24) is 10.2 Å². The maximum Gasteiger partial charge on any atom is 0.325 e. The van der Waals surface area contributed by atoms with Crippen LogP contribution in [0, 0.1) is 13.8 Å². The maximum atomic E-state index is 12.3. The fourth-order valence-electron chi connectivity index (χ4n) is 2.46. The van der Waals surface area contributed by atoms with E-state index in [0.717, 1.165) is 16.0 Å². The van der Waals surface area contributed by atoms with Gasteiger partial charge in [0.25, 0.3) is 5.91 Å². The summed E-state index contributed by atoms with van der Waals surface area (Å²) in [4.78, 5) is 25.2. The molecular weight excluding hydrogens is 296 g/mol. The summed E-state index contributed by atoms with van der Waals surface area (Å²) in [5.41, 5.74) is 1.15. The van der Waals surface area contributed by atoms with Gasteiger partial charge in [-0.25, -0.2) is 4.79 Å². The molecule has 2 atom stereocenters. The first-order valence-corrected chi connectivity index (χ1v) is 7.79. The molecule has 1 fully saturated rings. The third-order valence-electron chi connectivity index (χ3n) is 4.22.